The molecular formula is C33H30N2S. The summed E-state index contributed by atoms with van der Waals surface area (Å²) in [6.07, 6.45) is 5.03. The highest BCUT2D eigenvalue weighted by atomic mass is 32.1. The molecule has 36 heavy (non-hydrogen) atoms. The molecule has 3 aromatic carbocycles. The lowest BCUT2D eigenvalue weighted by atomic mass is 10.0. The second-order valence-electron chi connectivity index (χ2n) is 9.43. The number of aromatic nitrogens is 2. The largest absolute Gasteiger partial charge is 0.340 e. The molecule has 178 valence electrons. The van der Waals surface area contributed by atoms with Crippen LogP contribution in [0.2, 0.25) is 0 Å². The van der Waals surface area contributed by atoms with E-state index in [1.165, 1.54) is 63.5 Å². The van der Waals surface area contributed by atoms with Crippen LogP contribution in [0.15, 0.2) is 102 Å². The van der Waals surface area contributed by atoms with Crippen molar-refractivity contribution < 1.29 is 0 Å². The Kier molecular flexibility index (Phi) is 6.40. The van der Waals surface area contributed by atoms with Gasteiger partial charge in [-0.3, -0.25) is 0 Å². The van der Waals surface area contributed by atoms with E-state index in [1.54, 1.807) is 11.3 Å². The molecule has 0 saturated carbocycles. The van der Waals surface area contributed by atoms with E-state index in [0.717, 1.165) is 23.5 Å². The third-order valence-electron chi connectivity index (χ3n) is 7.01. The van der Waals surface area contributed by atoms with Gasteiger partial charge in [0.1, 0.15) is 0 Å². The molecule has 0 bridgehead atoms. The van der Waals surface area contributed by atoms with Gasteiger partial charge in [-0.1, -0.05) is 92.9 Å². The highest BCUT2D eigenvalue weighted by Gasteiger charge is 2.14. The van der Waals surface area contributed by atoms with Crippen molar-refractivity contribution in [1.29, 1.82) is 0 Å². The second kappa shape index (κ2) is 10.1. The SMILES string of the molecule is CCCCCCn1c2ccccc2c2ccc(-c3cc(-c4ccccc4)cc(-c4cccs4)n3)cc21. The van der Waals surface area contributed by atoms with Crippen molar-refractivity contribution in [2.45, 2.75) is 39.2 Å². The monoisotopic (exact) mass is 486 g/mol. The van der Waals surface area contributed by atoms with Crippen LogP contribution in [0.1, 0.15) is 32.6 Å². The van der Waals surface area contributed by atoms with Gasteiger partial charge in [-0.15, -0.1) is 11.3 Å². The number of para-hydroxylation sites is 1. The molecule has 0 aliphatic heterocycles. The number of aryl methyl sites for hydroxylation is 1. The predicted octanol–water partition coefficient (Wildman–Crippen LogP) is 9.83. The minimum absolute atomic E-state index is 1.02. The summed E-state index contributed by atoms with van der Waals surface area (Å²) < 4.78 is 2.52. The lowest BCUT2D eigenvalue weighted by Gasteiger charge is -2.11. The third kappa shape index (κ3) is 4.36. The average Bonchev–Trinajstić information content (AvgIpc) is 3.58. The third-order valence-corrected chi connectivity index (χ3v) is 7.90. The van der Waals surface area contributed by atoms with Gasteiger partial charge >= 0.3 is 0 Å². The average molecular weight is 487 g/mol. The lowest BCUT2D eigenvalue weighted by molar-refractivity contribution is 0.602. The maximum atomic E-state index is 5.15. The quantitative estimate of drug-likeness (QED) is 0.196. The predicted molar refractivity (Wildman–Crippen MR) is 156 cm³/mol. The first-order valence-corrected chi connectivity index (χ1v) is 13.8. The number of thiophene rings is 1. The first-order chi connectivity index (χ1) is 17.8. The maximum Gasteiger partial charge on any atom is 0.0815 e. The molecule has 0 fully saturated rings. The molecule has 0 aliphatic rings. The van der Waals surface area contributed by atoms with Gasteiger partial charge in [0.2, 0.25) is 0 Å². The van der Waals surface area contributed by atoms with E-state index >= 15 is 0 Å². The zero-order valence-corrected chi connectivity index (χ0v) is 21.5. The van der Waals surface area contributed by atoms with E-state index in [-0.39, 0.29) is 0 Å². The first-order valence-electron chi connectivity index (χ1n) is 12.9. The van der Waals surface area contributed by atoms with Gasteiger partial charge in [0.25, 0.3) is 0 Å². The molecule has 0 unspecified atom stereocenters. The molecular weight excluding hydrogens is 456 g/mol. The number of unbranched alkanes of at least 4 members (excludes halogenated alkanes) is 3. The minimum Gasteiger partial charge on any atom is -0.340 e. The Labute approximate surface area is 216 Å². The Morgan fingerprint density at radius 2 is 1.44 bits per heavy atom. The van der Waals surface area contributed by atoms with Crippen molar-refractivity contribution in [2.75, 3.05) is 0 Å². The summed E-state index contributed by atoms with van der Waals surface area (Å²) in [6.45, 7) is 3.32. The highest BCUT2D eigenvalue weighted by molar-refractivity contribution is 7.13. The van der Waals surface area contributed by atoms with Crippen LogP contribution in [0.5, 0.6) is 0 Å². The Bertz CT molecular complexity index is 1610. The molecule has 0 atom stereocenters. The molecule has 0 saturated heterocycles. The van der Waals surface area contributed by atoms with Crippen LogP contribution in [0.3, 0.4) is 0 Å². The summed E-state index contributed by atoms with van der Waals surface area (Å²) in [7, 11) is 0. The molecule has 0 radical (unpaired) electrons. The van der Waals surface area contributed by atoms with Crippen molar-refractivity contribution >= 4 is 33.1 Å². The fraction of sp³-hybridized carbons (Fsp3) is 0.182. The molecule has 3 aromatic heterocycles. The van der Waals surface area contributed by atoms with Crippen molar-refractivity contribution in [3.8, 4) is 33.0 Å². The number of fused-ring (bicyclic) bond motifs is 3. The summed E-state index contributed by atoms with van der Waals surface area (Å²) in [6, 6.07) is 35.0. The van der Waals surface area contributed by atoms with Gasteiger partial charge in [-0.05, 0) is 53.3 Å². The van der Waals surface area contributed by atoms with Crippen LogP contribution in [-0.2, 0) is 6.54 Å². The smallest absolute Gasteiger partial charge is 0.0815 e. The number of hydrogen-bond acceptors (Lipinski definition) is 2. The number of rotatable bonds is 8. The first kappa shape index (κ1) is 22.8. The Balaban J connectivity index is 1.50. The van der Waals surface area contributed by atoms with Crippen LogP contribution in [0.4, 0.5) is 0 Å². The normalized spacial score (nSPS) is 11.5. The Morgan fingerprint density at radius 1 is 0.639 bits per heavy atom. The molecule has 0 amide bonds. The van der Waals surface area contributed by atoms with Gasteiger partial charge in [0.15, 0.2) is 0 Å². The topological polar surface area (TPSA) is 17.8 Å². The van der Waals surface area contributed by atoms with Crippen LogP contribution in [0, 0.1) is 0 Å². The van der Waals surface area contributed by atoms with Crippen LogP contribution < -0.4 is 0 Å². The molecule has 2 nitrogen and oxygen atoms in total. The van der Waals surface area contributed by atoms with Crippen LogP contribution in [-0.4, -0.2) is 9.55 Å². The second-order valence-corrected chi connectivity index (χ2v) is 10.4. The van der Waals surface area contributed by atoms with E-state index in [9.17, 15) is 0 Å². The van der Waals surface area contributed by atoms with Crippen LogP contribution >= 0.6 is 11.3 Å². The van der Waals surface area contributed by atoms with Crippen molar-refractivity contribution in [2.24, 2.45) is 0 Å². The van der Waals surface area contributed by atoms with Gasteiger partial charge in [-0.2, -0.15) is 0 Å². The van der Waals surface area contributed by atoms with E-state index in [2.05, 4.69) is 114 Å². The molecule has 3 heteroatoms. The van der Waals surface area contributed by atoms with E-state index < -0.39 is 0 Å². The molecule has 6 aromatic rings. The van der Waals surface area contributed by atoms with Crippen LogP contribution in [0.25, 0.3) is 54.8 Å². The van der Waals surface area contributed by atoms with Crippen molar-refractivity contribution in [3.63, 3.8) is 0 Å². The van der Waals surface area contributed by atoms with Gasteiger partial charge < -0.3 is 4.57 Å². The zero-order valence-electron chi connectivity index (χ0n) is 20.7. The van der Waals surface area contributed by atoms with E-state index in [4.69, 9.17) is 4.98 Å². The zero-order chi connectivity index (χ0) is 24.3. The highest BCUT2D eigenvalue weighted by Crippen LogP contribution is 2.35. The fourth-order valence-electron chi connectivity index (χ4n) is 5.17. The van der Waals surface area contributed by atoms with Crippen molar-refractivity contribution in [3.05, 3.63) is 102 Å². The lowest BCUT2D eigenvalue weighted by Crippen LogP contribution is -1.98. The summed E-state index contributed by atoms with van der Waals surface area (Å²) >= 11 is 1.74. The summed E-state index contributed by atoms with van der Waals surface area (Å²) in [5.41, 5.74) is 8.25. The number of benzene rings is 3. The fourth-order valence-corrected chi connectivity index (χ4v) is 5.86. The molecule has 0 spiro atoms. The molecule has 6 rings (SSSR count). The van der Waals surface area contributed by atoms with Gasteiger partial charge in [0.05, 0.1) is 16.3 Å². The molecule has 3 heterocycles. The maximum absolute atomic E-state index is 5.15. The number of hydrogen-bond donors (Lipinski definition) is 0. The minimum atomic E-state index is 1.02. The Morgan fingerprint density at radius 3 is 2.28 bits per heavy atom. The summed E-state index contributed by atoms with van der Waals surface area (Å²) in [5.74, 6) is 0. The number of nitrogens with zero attached hydrogens (tertiary/aromatic N) is 2. The Hall–Kier alpha value is -3.69. The summed E-state index contributed by atoms with van der Waals surface area (Å²) in [5, 5.41) is 4.77. The standard InChI is InChI=1S/C33H30N2S/c1-2-3-4-10-19-35-31-15-9-8-14-27(31)28-18-17-25(23-32(28)35)29-21-26(24-12-6-5-7-13-24)22-30(34-29)33-16-11-20-36-33/h5-9,11-18,20-23H,2-4,10,19H2,1H3. The van der Waals surface area contributed by atoms with Gasteiger partial charge in [-0.25, -0.2) is 4.98 Å². The molecule has 0 aliphatic carbocycles. The number of pyridine rings is 1. The van der Waals surface area contributed by atoms with E-state index in [0.29, 0.717) is 0 Å². The molecule has 0 N–H and O–H groups in total. The summed E-state index contributed by atoms with van der Waals surface area (Å²) in [4.78, 5) is 6.34. The van der Waals surface area contributed by atoms with Crippen molar-refractivity contribution in [1.82, 2.24) is 9.55 Å². The van der Waals surface area contributed by atoms with Gasteiger partial charge in [0, 0.05) is 33.9 Å². The van der Waals surface area contributed by atoms with E-state index in [1.807, 2.05) is 0 Å².